The second kappa shape index (κ2) is 4.38. The zero-order chi connectivity index (χ0) is 13.6. The molecule has 5 heteroatoms. The Morgan fingerprint density at radius 3 is 2.63 bits per heavy atom. The molecule has 2 aromatic rings. The Bertz CT molecular complexity index is 641. The molecule has 0 spiro atoms. The molecule has 1 aliphatic rings. The maximum atomic E-state index is 13.4. The van der Waals surface area contributed by atoms with Gasteiger partial charge in [0.2, 0.25) is 0 Å². The highest BCUT2D eigenvalue weighted by molar-refractivity contribution is 6.30. The molecular weight excluding hydrogens is 269 g/mol. The molecule has 1 aliphatic carbocycles. The van der Waals surface area contributed by atoms with Crippen LogP contribution in [-0.4, -0.2) is 15.6 Å². The SMILES string of the molecule is O=C(O)c1ccc(-c2cc(F)cc(Cl)c2)n1C1CC1. The highest BCUT2D eigenvalue weighted by Crippen LogP contribution is 2.40. The molecule has 0 saturated heterocycles. The fourth-order valence-corrected chi connectivity index (χ4v) is 2.51. The lowest BCUT2D eigenvalue weighted by molar-refractivity contribution is 0.0685. The number of benzene rings is 1. The van der Waals surface area contributed by atoms with E-state index in [1.807, 2.05) is 0 Å². The fourth-order valence-electron chi connectivity index (χ4n) is 2.29. The third kappa shape index (κ3) is 2.24. The summed E-state index contributed by atoms with van der Waals surface area (Å²) >= 11 is 5.85. The Balaban J connectivity index is 2.16. The summed E-state index contributed by atoms with van der Waals surface area (Å²) in [5.41, 5.74) is 1.53. The van der Waals surface area contributed by atoms with Crippen LogP contribution in [0, 0.1) is 5.82 Å². The van der Waals surface area contributed by atoms with Crippen LogP contribution in [0.5, 0.6) is 0 Å². The zero-order valence-electron chi connectivity index (χ0n) is 9.94. The van der Waals surface area contributed by atoms with E-state index in [4.69, 9.17) is 11.6 Å². The van der Waals surface area contributed by atoms with Crippen LogP contribution in [0.4, 0.5) is 4.39 Å². The summed E-state index contributed by atoms with van der Waals surface area (Å²) < 4.78 is 15.2. The molecule has 0 radical (unpaired) electrons. The Morgan fingerprint density at radius 2 is 2.05 bits per heavy atom. The van der Waals surface area contributed by atoms with Crippen molar-refractivity contribution in [1.29, 1.82) is 0 Å². The van der Waals surface area contributed by atoms with E-state index in [9.17, 15) is 14.3 Å². The average Bonchev–Trinajstić information content (AvgIpc) is 3.06. The second-order valence-corrected chi connectivity index (χ2v) is 5.10. The number of nitrogens with zero attached hydrogens (tertiary/aromatic N) is 1. The van der Waals surface area contributed by atoms with E-state index in [1.165, 1.54) is 12.1 Å². The van der Waals surface area contributed by atoms with Crippen LogP contribution in [-0.2, 0) is 0 Å². The van der Waals surface area contributed by atoms with Gasteiger partial charge in [-0.15, -0.1) is 0 Å². The summed E-state index contributed by atoms with van der Waals surface area (Å²) in [5, 5.41) is 9.49. The van der Waals surface area contributed by atoms with Crippen molar-refractivity contribution in [2.24, 2.45) is 0 Å². The van der Waals surface area contributed by atoms with Crippen molar-refractivity contribution in [2.45, 2.75) is 18.9 Å². The third-order valence-corrected chi connectivity index (χ3v) is 3.43. The van der Waals surface area contributed by atoms with E-state index in [1.54, 1.807) is 22.8 Å². The van der Waals surface area contributed by atoms with Crippen molar-refractivity contribution in [1.82, 2.24) is 4.57 Å². The topological polar surface area (TPSA) is 42.2 Å². The van der Waals surface area contributed by atoms with Crippen molar-refractivity contribution in [3.63, 3.8) is 0 Å². The van der Waals surface area contributed by atoms with Crippen molar-refractivity contribution in [3.8, 4) is 11.3 Å². The van der Waals surface area contributed by atoms with Crippen molar-refractivity contribution in [2.75, 3.05) is 0 Å². The first-order valence-corrected chi connectivity index (χ1v) is 6.35. The normalized spacial score (nSPS) is 14.6. The number of aromatic carboxylic acids is 1. The largest absolute Gasteiger partial charge is 0.477 e. The predicted octanol–water partition coefficient (Wildman–Crippen LogP) is 3.98. The smallest absolute Gasteiger partial charge is 0.352 e. The van der Waals surface area contributed by atoms with Gasteiger partial charge < -0.3 is 9.67 Å². The van der Waals surface area contributed by atoms with Crippen LogP contribution in [0.25, 0.3) is 11.3 Å². The highest BCUT2D eigenvalue weighted by atomic mass is 35.5. The number of carboxylic acid groups (broad SMARTS) is 1. The summed E-state index contributed by atoms with van der Waals surface area (Å²) in [6.07, 6.45) is 1.90. The molecule has 1 N–H and O–H groups in total. The first kappa shape index (κ1) is 12.2. The van der Waals surface area contributed by atoms with Gasteiger partial charge in [-0.2, -0.15) is 0 Å². The molecule has 1 aromatic carbocycles. The van der Waals surface area contributed by atoms with Gasteiger partial charge >= 0.3 is 5.97 Å². The molecule has 1 heterocycles. The molecule has 98 valence electrons. The van der Waals surface area contributed by atoms with E-state index in [0.717, 1.165) is 12.8 Å². The van der Waals surface area contributed by atoms with Gasteiger partial charge in [0.05, 0.1) is 0 Å². The van der Waals surface area contributed by atoms with E-state index < -0.39 is 11.8 Å². The van der Waals surface area contributed by atoms with Gasteiger partial charge in [0.25, 0.3) is 0 Å². The zero-order valence-corrected chi connectivity index (χ0v) is 10.7. The Kier molecular flexibility index (Phi) is 2.82. The van der Waals surface area contributed by atoms with Gasteiger partial charge in [-0.3, -0.25) is 0 Å². The number of halogens is 2. The molecule has 0 atom stereocenters. The summed E-state index contributed by atoms with van der Waals surface area (Å²) in [6.45, 7) is 0. The maximum Gasteiger partial charge on any atom is 0.352 e. The Hall–Kier alpha value is -1.81. The van der Waals surface area contributed by atoms with Crippen LogP contribution in [0.3, 0.4) is 0 Å². The van der Waals surface area contributed by atoms with Crippen molar-refractivity contribution < 1.29 is 14.3 Å². The Labute approximate surface area is 114 Å². The summed E-state index contributed by atoms with van der Waals surface area (Å²) in [7, 11) is 0. The van der Waals surface area contributed by atoms with Crippen LogP contribution >= 0.6 is 11.6 Å². The molecule has 1 saturated carbocycles. The van der Waals surface area contributed by atoms with Gasteiger partial charge in [0.15, 0.2) is 0 Å². The summed E-state index contributed by atoms with van der Waals surface area (Å²) in [4.78, 5) is 11.2. The minimum absolute atomic E-state index is 0.193. The van der Waals surface area contributed by atoms with E-state index in [-0.39, 0.29) is 11.7 Å². The lowest BCUT2D eigenvalue weighted by Crippen LogP contribution is -2.08. The monoisotopic (exact) mass is 279 g/mol. The first-order valence-electron chi connectivity index (χ1n) is 5.97. The van der Waals surface area contributed by atoms with Gasteiger partial charge in [-0.1, -0.05) is 11.6 Å². The Morgan fingerprint density at radius 1 is 1.32 bits per heavy atom. The maximum absolute atomic E-state index is 13.4. The molecule has 1 fully saturated rings. The molecule has 0 aliphatic heterocycles. The van der Waals surface area contributed by atoms with Crippen molar-refractivity contribution >= 4 is 17.6 Å². The van der Waals surface area contributed by atoms with Gasteiger partial charge in [0.1, 0.15) is 11.5 Å². The third-order valence-electron chi connectivity index (χ3n) is 3.21. The lowest BCUT2D eigenvalue weighted by Gasteiger charge is -2.11. The first-order chi connectivity index (χ1) is 9.06. The van der Waals surface area contributed by atoms with Crippen LogP contribution in [0.15, 0.2) is 30.3 Å². The fraction of sp³-hybridized carbons (Fsp3) is 0.214. The lowest BCUT2D eigenvalue weighted by atomic mass is 10.1. The number of carboxylic acids is 1. The molecule has 19 heavy (non-hydrogen) atoms. The van der Waals surface area contributed by atoms with Gasteiger partial charge in [-0.25, -0.2) is 9.18 Å². The van der Waals surface area contributed by atoms with Crippen LogP contribution < -0.4 is 0 Å². The highest BCUT2D eigenvalue weighted by Gasteiger charge is 2.30. The van der Waals surface area contributed by atoms with Gasteiger partial charge in [-0.05, 0) is 43.2 Å². The second-order valence-electron chi connectivity index (χ2n) is 4.67. The van der Waals surface area contributed by atoms with Crippen LogP contribution in [0.2, 0.25) is 5.02 Å². The number of rotatable bonds is 3. The number of hydrogen-bond acceptors (Lipinski definition) is 1. The standard InChI is InChI=1S/C14H11ClFNO2/c15-9-5-8(6-10(16)7-9)12-3-4-13(14(18)19)17(12)11-1-2-11/h3-7,11H,1-2H2,(H,18,19). The van der Waals surface area contributed by atoms with Gasteiger partial charge in [0, 0.05) is 22.3 Å². The van der Waals surface area contributed by atoms with Crippen LogP contribution in [0.1, 0.15) is 29.4 Å². The molecule has 3 rings (SSSR count). The average molecular weight is 280 g/mol. The number of aromatic nitrogens is 1. The molecule has 0 bridgehead atoms. The molecule has 3 nitrogen and oxygen atoms in total. The van der Waals surface area contributed by atoms with E-state index in [0.29, 0.717) is 16.3 Å². The summed E-state index contributed by atoms with van der Waals surface area (Å²) in [6, 6.07) is 7.68. The molecular formula is C14H11ClFNO2. The van der Waals surface area contributed by atoms with E-state index in [2.05, 4.69) is 0 Å². The molecule has 0 amide bonds. The van der Waals surface area contributed by atoms with Crippen molar-refractivity contribution in [3.05, 3.63) is 46.9 Å². The summed E-state index contributed by atoms with van der Waals surface area (Å²) in [5.74, 6) is -1.40. The predicted molar refractivity (Wildman–Crippen MR) is 70.1 cm³/mol. The van der Waals surface area contributed by atoms with E-state index >= 15 is 0 Å². The number of carbonyl (C=O) groups is 1. The molecule has 0 unspecified atom stereocenters. The minimum atomic E-state index is -0.972. The molecule has 1 aromatic heterocycles. The number of hydrogen-bond donors (Lipinski definition) is 1. The quantitative estimate of drug-likeness (QED) is 0.923. The minimum Gasteiger partial charge on any atom is -0.477 e.